The SMILES string of the molecule is CC1CC(=O)N(Cc2ccccc2)CCN1. The summed E-state index contributed by atoms with van der Waals surface area (Å²) in [5, 5.41) is 3.33. The number of carbonyl (C=O) groups excluding carboxylic acids is 1. The van der Waals surface area contributed by atoms with Gasteiger partial charge in [-0.25, -0.2) is 0 Å². The summed E-state index contributed by atoms with van der Waals surface area (Å²) in [5.41, 5.74) is 1.20. The molecule has 3 nitrogen and oxygen atoms in total. The predicted molar refractivity (Wildman–Crippen MR) is 63.9 cm³/mol. The fourth-order valence-corrected chi connectivity index (χ4v) is 2.00. The molecule has 1 saturated heterocycles. The highest BCUT2D eigenvalue weighted by molar-refractivity contribution is 5.77. The van der Waals surface area contributed by atoms with Gasteiger partial charge in [-0.1, -0.05) is 30.3 Å². The highest BCUT2D eigenvalue weighted by Gasteiger charge is 2.20. The number of benzene rings is 1. The van der Waals surface area contributed by atoms with Crippen LogP contribution in [0.3, 0.4) is 0 Å². The first-order valence-electron chi connectivity index (χ1n) is 5.81. The third-order valence-electron chi connectivity index (χ3n) is 2.92. The van der Waals surface area contributed by atoms with Gasteiger partial charge in [-0.15, -0.1) is 0 Å². The number of nitrogens with one attached hydrogen (secondary N) is 1. The highest BCUT2D eigenvalue weighted by atomic mass is 16.2. The van der Waals surface area contributed by atoms with Crippen molar-refractivity contribution in [3.8, 4) is 0 Å². The lowest BCUT2D eigenvalue weighted by Gasteiger charge is -2.20. The third-order valence-corrected chi connectivity index (χ3v) is 2.92. The molecule has 86 valence electrons. The molecule has 1 unspecified atom stereocenters. The van der Waals surface area contributed by atoms with E-state index < -0.39 is 0 Å². The summed E-state index contributed by atoms with van der Waals surface area (Å²) in [7, 11) is 0. The molecule has 0 aromatic heterocycles. The summed E-state index contributed by atoms with van der Waals surface area (Å²) < 4.78 is 0. The molecule has 1 amide bonds. The summed E-state index contributed by atoms with van der Waals surface area (Å²) in [5.74, 6) is 0.251. The summed E-state index contributed by atoms with van der Waals surface area (Å²) in [6.45, 7) is 4.48. The molecule has 1 aliphatic heterocycles. The van der Waals surface area contributed by atoms with E-state index in [0.29, 0.717) is 12.5 Å². The smallest absolute Gasteiger partial charge is 0.224 e. The second-order valence-electron chi connectivity index (χ2n) is 4.36. The predicted octanol–water partition coefficient (Wildman–Crippen LogP) is 1.40. The number of nitrogens with zero attached hydrogens (tertiary/aromatic N) is 1. The van der Waals surface area contributed by atoms with E-state index in [1.54, 1.807) is 0 Å². The standard InChI is InChI=1S/C13H18N2O/c1-11-9-13(16)15(8-7-14-11)10-12-5-3-2-4-6-12/h2-6,11,14H,7-10H2,1H3. The van der Waals surface area contributed by atoms with Crippen LogP contribution in [0.1, 0.15) is 18.9 Å². The average Bonchev–Trinajstić information content (AvgIpc) is 2.43. The lowest BCUT2D eigenvalue weighted by Crippen LogP contribution is -2.31. The van der Waals surface area contributed by atoms with Crippen LogP contribution in [0.15, 0.2) is 30.3 Å². The van der Waals surface area contributed by atoms with Crippen molar-refractivity contribution >= 4 is 5.91 Å². The first kappa shape index (κ1) is 11.1. The topological polar surface area (TPSA) is 32.3 Å². The van der Waals surface area contributed by atoms with Crippen LogP contribution in [-0.4, -0.2) is 29.9 Å². The maximum Gasteiger partial charge on any atom is 0.224 e. The van der Waals surface area contributed by atoms with E-state index in [4.69, 9.17) is 0 Å². The monoisotopic (exact) mass is 218 g/mol. The van der Waals surface area contributed by atoms with Crippen molar-refractivity contribution in [3.05, 3.63) is 35.9 Å². The van der Waals surface area contributed by atoms with Crippen molar-refractivity contribution in [3.63, 3.8) is 0 Å². The van der Waals surface area contributed by atoms with E-state index in [1.165, 1.54) is 5.56 Å². The molecule has 0 aliphatic carbocycles. The Labute approximate surface area is 96.5 Å². The van der Waals surface area contributed by atoms with Gasteiger partial charge in [0.2, 0.25) is 5.91 Å². The molecule has 0 spiro atoms. The van der Waals surface area contributed by atoms with Crippen LogP contribution in [0.5, 0.6) is 0 Å². The van der Waals surface area contributed by atoms with Crippen LogP contribution in [0.2, 0.25) is 0 Å². The first-order valence-corrected chi connectivity index (χ1v) is 5.81. The van der Waals surface area contributed by atoms with E-state index in [1.807, 2.05) is 23.1 Å². The van der Waals surface area contributed by atoms with E-state index in [-0.39, 0.29) is 5.91 Å². The molecule has 1 heterocycles. The molecule has 1 fully saturated rings. The second kappa shape index (κ2) is 5.12. The van der Waals surface area contributed by atoms with Crippen molar-refractivity contribution in [1.82, 2.24) is 10.2 Å². The molecule has 3 heteroatoms. The average molecular weight is 218 g/mol. The maximum absolute atomic E-state index is 11.9. The third kappa shape index (κ3) is 2.83. The number of rotatable bonds is 2. The van der Waals surface area contributed by atoms with Crippen LogP contribution < -0.4 is 5.32 Å². The fraction of sp³-hybridized carbons (Fsp3) is 0.462. The van der Waals surface area contributed by atoms with E-state index in [2.05, 4.69) is 24.4 Å². The molecule has 0 bridgehead atoms. The van der Waals surface area contributed by atoms with Gasteiger partial charge in [-0.3, -0.25) is 4.79 Å². The zero-order valence-electron chi connectivity index (χ0n) is 9.65. The second-order valence-corrected chi connectivity index (χ2v) is 4.36. The maximum atomic E-state index is 11.9. The van der Waals surface area contributed by atoms with Gasteiger partial charge in [-0.2, -0.15) is 0 Å². The quantitative estimate of drug-likeness (QED) is 0.813. The summed E-state index contributed by atoms with van der Waals surface area (Å²) in [6.07, 6.45) is 0.604. The summed E-state index contributed by atoms with van der Waals surface area (Å²) in [4.78, 5) is 13.9. The molecular weight excluding hydrogens is 200 g/mol. The molecule has 16 heavy (non-hydrogen) atoms. The molecule has 2 rings (SSSR count). The molecule has 1 N–H and O–H groups in total. The van der Waals surface area contributed by atoms with Crippen molar-refractivity contribution in [2.24, 2.45) is 0 Å². The van der Waals surface area contributed by atoms with Crippen molar-refractivity contribution in [1.29, 1.82) is 0 Å². The van der Waals surface area contributed by atoms with E-state index >= 15 is 0 Å². The Morgan fingerprint density at radius 1 is 1.38 bits per heavy atom. The Hall–Kier alpha value is -1.35. The Bertz CT molecular complexity index is 350. The van der Waals surface area contributed by atoms with E-state index in [0.717, 1.165) is 19.6 Å². The summed E-state index contributed by atoms with van der Waals surface area (Å²) in [6, 6.07) is 10.5. The van der Waals surface area contributed by atoms with Crippen LogP contribution in [0.25, 0.3) is 0 Å². The van der Waals surface area contributed by atoms with Crippen LogP contribution in [-0.2, 0) is 11.3 Å². The van der Waals surface area contributed by atoms with Gasteiger partial charge in [0.1, 0.15) is 0 Å². The molecule has 0 radical (unpaired) electrons. The number of hydrogen-bond donors (Lipinski definition) is 1. The van der Waals surface area contributed by atoms with Gasteiger partial charge < -0.3 is 10.2 Å². The lowest BCUT2D eigenvalue weighted by atomic mass is 10.2. The minimum absolute atomic E-state index is 0.251. The van der Waals surface area contributed by atoms with Gasteiger partial charge in [0.05, 0.1) is 0 Å². The minimum atomic E-state index is 0.251. The van der Waals surface area contributed by atoms with Crippen molar-refractivity contribution < 1.29 is 4.79 Å². The van der Waals surface area contributed by atoms with Gasteiger partial charge in [0.15, 0.2) is 0 Å². The first-order chi connectivity index (χ1) is 7.75. The molecule has 0 saturated carbocycles. The normalized spacial score (nSPS) is 21.9. The van der Waals surface area contributed by atoms with Gasteiger partial charge in [-0.05, 0) is 12.5 Å². The Kier molecular flexibility index (Phi) is 3.57. The minimum Gasteiger partial charge on any atom is -0.337 e. The Morgan fingerprint density at radius 2 is 2.12 bits per heavy atom. The summed E-state index contributed by atoms with van der Waals surface area (Å²) >= 11 is 0. The van der Waals surface area contributed by atoms with Gasteiger partial charge in [0, 0.05) is 32.1 Å². The molecular formula is C13H18N2O. The lowest BCUT2D eigenvalue weighted by molar-refractivity contribution is -0.131. The highest BCUT2D eigenvalue weighted by Crippen LogP contribution is 2.09. The van der Waals surface area contributed by atoms with Crippen LogP contribution in [0, 0.1) is 0 Å². The molecule has 1 aromatic carbocycles. The van der Waals surface area contributed by atoms with Crippen molar-refractivity contribution in [2.45, 2.75) is 25.9 Å². The molecule has 1 atom stereocenters. The molecule has 1 aromatic rings. The Morgan fingerprint density at radius 3 is 2.88 bits per heavy atom. The zero-order chi connectivity index (χ0) is 11.4. The van der Waals surface area contributed by atoms with Gasteiger partial charge in [0.25, 0.3) is 0 Å². The largest absolute Gasteiger partial charge is 0.337 e. The van der Waals surface area contributed by atoms with E-state index in [9.17, 15) is 4.79 Å². The number of hydrogen-bond acceptors (Lipinski definition) is 2. The van der Waals surface area contributed by atoms with Gasteiger partial charge >= 0.3 is 0 Å². The number of carbonyl (C=O) groups is 1. The van der Waals surface area contributed by atoms with Crippen LogP contribution >= 0.6 is 0 Å². The zero-order valence-corrected chi connectivity index (χ0v) is 9.65. The molecule has 1 aliphatic rings. The van der Waals surface area contributed by atoms with Crippen molar-refractivity contribution in [2.75, 3.05) is 13.1 Å². The number of amides is 1. The fourth-order valence-electron chi connectivity index (χ4n) is 2.00. The van der Waals surface area contributed by atoms with Crippen LogP contribution in [0.4, 0.5) is 0 Å². The Balaban J connectivity index is 2.01.